The molecular formula is C16H23NO4S. The topological polar surface area (TPSA) is 75.6 Å². The fourth-order valence-electron chi connectivity index (χ4n) is 2.13. The number of amides is 1. The van der Waals surface area contributed by atoms with Gasteiger partial charge in [0.15, 0.2) is 0 Å². The van der Waals surface area contributed by atoms with Crippen LogP contribution in [0.5, 0.6) is 5.75 Å². The average Bonchev–Trinajstić information content (AvgIpc) is 2.47. The van der Waals surface area contributed by atoms with Crippen molar-refractivity contribution in [3.05, 3.63) is 29.8 Å². The predicted octanol–water partition coefficient (Wildman–Crippen LogP) is 2.20. The van der Waals surface area contributed by atoms with Crippen LogP contribution in [0.25, 0.3) is 0 Å². The van der Waals surface area contributed by atoms with Gasteiger partial charge in [-0.05, 0) is 24.0 Å². The quantitative estimate of drug-likeness (QED) is 0.645. The zero-order chi connectivity index (χ0) is 16.4. The molecule has 0 spiro atoms. The third-order valence-electron chi connectivity index (χ3n) is 3.09. The van der Waals surface area contributed by atoms with Gasteiger partial charge in [0.1, 0.15) is 5.75 Å². The van der Waals surface area contributed by atoms with E-state index in [1.54, 1.807) is 7.11 Å². The van der Waals surface area contributed by atoms with E-state index in [4.69, 9.17) is 9.84 Å². The molecule has 5 nitrogen and oxygen atoms in total. The van der Waals surface area contributed by atoms with Gasteiger partial charge in [0.2, 0.25) is 5.91 Å². The number of carbonyl (C=O) groups is 2. The lowest BCUT2D eigenvalue weighted by Gasteiger charge is -2.14. The minimum Gasteiger partial charge on any atom is -0.496 e. The van der Waals surface area contributed by atoms with Crippen LogP contribution >= 0.6 is 11.8 Å². The molecule has 0 heterocycles. The van der Waals surface area contributed by atoms with Crippen molar-refractivity contribution in [3.63, 3.8) is 0 Å². The molecule has 0 saturated carbocycles. The van der Waals surface area contributed by atoms with Gasteiger partial charge in [-0.15, -0.1) is 11.8 Å². The molecule has 1 rings (SSSR count). The molecule has 122 valence electrons. The number of ether oxygens (including phenoxy) is 1. The van der Waals surface area contributed by atoms with E-state index in [2.05, 4.69) is 5.32 Å². The van der Waals surface area contributed by atoms with Crippen molar-refractivity contribution in [2.75, 3.05) is 25.2 Å². The summed E-state index contributed by atoms with van der Waals surface area (Å²) in [4.78, 5) is 22.2. The summed E-state index contributed by atoms with van der Waals surface area (Å²) in [5, 5.41) is 11.3. The number of carboxylic acids is 1. The molecule has 2 N–H and O–H groups in total. The van der Waals surface area contributed by atoms with E-state index in [-0.39, 0.29) is 17.6 Å². The number of methoxy groups -OCH3 is 1. The first-order chi connectivity index (χ1) is 10.5. The van der Waals surface area contributed by atoms with E-state index < -0.39 is 5.97 Å². The number of para-hydroxylation sites is 1. The zero-order valence-electron chi connectivity index (χ0n) is 13.0. The van der Waals surface area contributed by atoms with Crippen LogP contribution in [-0.2, 0) is 16.0 Å². The molecule has 0 bridgehead atoms. The molecule has 1 atom stereocenters. The first kappa shape index (κ1) is 18.4. The highest BCUT2D eigenvalue weighted by molar-refractivity contribution is 7.99. The van der Waals surface area contributed by atoms with E-state index in [9.17, 15) is 9.59 Å². The Balaban J connectivity index is 2.27. The summed E-state index contributed by atoms with van der Waals surface area (Å²) in [7, 11) is 1.64. The van der Waals surface area contributed by atoms with Gasteiger partial charge in [-0.3, -0.25) is 9.59 Å². The highest BCUT2D eigenvalue weighted by atomic mass is 32.2. The number of thioether (sulfide) groups is 1. The Morgan fingerprint density at radius 1 is 1.36 bits per heavy atom. The first-order valence-electron chi connectivity index (χ1n) is 7.21. The third-order valence-corrected chi connectivity index (χ3v) is 4.03. The van der Waals surface area contributed by atoms with Gasteiger partial charge in [0.25, 0.3) is 0 Å². The van der Waals surface area contributed by atoms with Gasteiger partial charge in [-0.2, -0.15) is 0 Å². The van der Waals surface area contributed by atoms with Crippen molar-refractivity contribution >= 4 is 23.6 Å². The van der Waals surface area contributed by atoms with E-state index >= 15 is 0 Å². The standard InChI is InChI=1S/C16H23NO4S/c1-12(9-13-5-3-4-6-14(13)21-2)10-15(18)17-7-8-22-11-16(19)20/h3-6,12H,7-11H2,1-2H3,(H,17,18)(H,19,20). The minimum absolute atomic E-state index is 0.00155. The van der Waals surface area contributed by atoms with E-state index in [0.29, 0.717) is 18.7 Å². The van der Waals surface area contributed by atoms with Crippen LogP contribution in [0.3, 0.4) is 0 Å². The summed E-state index contributed by atoms with van der Waals surface area (Å²) < 4.78 is 5.31. The molecule has 0 fully saturated rings. The molecule has 0 aliphatic rings. The van der Waals surface area contributed by atoms with E-state index in [1.807, 2.05) is 31.2 Å². The number of nitrogens with one attached hydrogen (secondary N) is 1. The molecule has 0 radical (unpaired) electrons. The zero-order valence-corrected chi connectivity index (χ0v) is 13.8. The molecule has 1 aromatic carbocycles. The smallest absolute Gasteiger partial charge is 0.313 e. The summed E-state index contributed by atoms with van der Waals surface area (Å²) in [6.07, 6.45) is 1.23. The second-order valence-corrected chi connectivity index (χ2v) is 6.23. The number of benzene rings is 1. The molecule has 1 unspecified atom stereocenters. The first-order valence-corrected chi connectivity index (χ1v) is 8.36. The molecule has 0 aliphatic heterocycles. The number of aliphatic carboxylic acids is 1. The number of carboxylic acid groups (broad SMARTS) is 1. The van der Waals surface area contributed by atoms with Gasteiger partial charge in [0, 0.05) is 18.7 Å². The fourth-order valence-corrected chi connectivity index (χ4v) is 2.70. The number of hydrogen-bond donors (Lipinski definition) is 2. The molecule has 0 aliphatic carbocycles. The van der Waals surface area contributed by atoms with Crippen LogP contribution in [0, 0.1) is 5.92 Å². The highest BCUT2D eigenvalue weighted by Gasteiger charge is 2.12. The lowest BCUT2D eigenvalue weighted by Crippen LogP contribution is -2.27. The number of carbonyl (C=O) groups excluding carboxylic acids is 1. The van der Waals surface area contributed by atoms with Gasteiger partial charge in [-0.1, -0.05) is 25.1 Å². The maximum absolute atomic E-state index is 11.8. The summed E-state index contributed by atoms with van der Waals surface area (Å²) >= 11 is 1.30. The lowest BCUT2D eigenvalue weighted by molar-refractivity contribution is -0.133. The molecule has 6 heteroatoms. The predicted molar refractivity (Wildman–Crippen MR) is 88.4 cm³/mol. The second-order valence-electron chi connectivity index (χ2n) is 5.12. The molecule has 1 amide bonds. The second kappa shape index (κ2) is 10.1. The summed E-state index contributed by atoms with van der Waals surface area (Å²) in [6.45, 7) is 2.53. The van der Waals surface area contributed by atoms with Crippen LogP contribution in [0.2, 0.25) is 0 Å². The largest absolute Gasteiger partial charge is 0.496 e. The third kappa shape index (κ3) is 7.36. The van der Waals surface area contributed by atoms with Crippen LogP contribution in [0.4, 0.5) is 0 Å². The monoisotopic (exact) mass is 325 g/mol. The van der Waals surface area contributed by atoms with Gasteiger partial charge >= 0.3 is 5.97 Å². The van der Waals surface area contributed by atoms with Gasteiger partial charge in [0.05, 0.1) is 12.9 Å². The maximum Gasteiger partial charge on any atom is 0.313 e. The van der Waals surface area contributed by atoms with Gasteiger partial charge < -0.3 is 15.2 Å². The maximum atomic E-state index is 11.8. The Morgan fingerprint density at radius 2 is 2.09 bits per heavy atom. The Hall–Kier alpha value is -1.69. The van der Waals surface area contributed by atoms with Crippen molar-refractivity contribution in [2.45, 2.75) is 19.8 Å². The normalized spacial score (nSPS) is 11.7. The van der Waals surface area contributed by atoms with Crippen LogP contribution in [0.15, 0.2) is 24.3 Å². The Morgan fingerprint density at radius 3 is 2.77 bits per heavy atom. The molecule has 0 aromatic heterocycles. The van der Waals surface area contributed by atoms with Gasteiger partial charge in [-0.25, -0.2) is 0 Å². The van der Waals surface area contributed by atoms with E-state index in [0.717, 1.165) is 17.7 Å². The molecule has 22 heavy (non-hydrogen) atoms. The van der Waals surface area contributed by atoms with Crippen molar-refractivity contribution in [1.82, 2.24) is 5.32 Å². The molecular weight excluding hydrogens is 302 g/mol. The number of hydrogen-bond acceptors (Lipinski definition) is 4. The van der Waals surface area contributed by atoms with Crippen LogP contribution in [-0.4, -0.2) is 42.1 Å². The van der Waals surface area contributed by atoms with Crippen molar-refractivity contribution in [1.29, 1.82) is 0 Å². The average molecular weight is 325 g/mol. The Kier molecular flexibility index (Phi) is 8.43. The highest BCUT2D eigenvalue weighted by Crippen LogP contribution is 2.21. The Labute approximate surface area is 135 Å². The lowest BCUT2D eigenvalue weighted by atomic mass is 9.97. The van der Waals surface area contributed by atoms with Crippen LogP contribution < -0.4 is 10.1 Å². The number of rotatable bonds is 10. The molecule has 0 saturated heterocycles. The van der Waals surface area contributed by atoms with E-state index in [1.165, 1.54) is 11.8 Å². The van der Waals surface area contributed by atoms with Crippen LogP contribution in [0.1, 0.15) is 18.9 Å². The Bertz CT molecular complexity index is 493. The van der Waals surface area contributed by atoms with Crippen molar-refractivity contribution in [2.24, 2.45) is 5.92 Å². The minimum atomic E-state index is -0.832. The fraction of sp³-hybridized carbons (Fsp3) is 0.500. The summed E-state index contributed by atoms with van der Waals surface area (Å²) in [5.41, 5.74) is 1.10. The van der Waals surface area contributed by atoms with Crippen molar-refractivity contribution in [3.8, 4) is 5.75 Å². The summed E-state index contributed by atoms with van der Waals surface area (Å²) in [6, 6.07) is 7.82. The van der Waals surface area contributed by atoms with Crippen molar-refractivity contribution < 1.29 is 19.4 Å². The molecule has 1 aromatic rings. The summed E-state index contributed by atoms with van der Waals surface area (Å²) in [5.74, 6) is 0.904. The SMILES string of the molecule is COc1ccccc1CC(C)CC(=O)NCCSCC(=O)O.